The zero-order chi connectivity index (χ0) is 14.0. The molecule has 0 atom stereocenters. The van der Waals surface area contributed by atoms with Gasteiger partial charge in [0.05, 0.1) is 16.3 Å². The molecule has 1 aliphatic rings. The number of H-pyrrole nitrogens is 1. The highest BCUT2D eigenvalue weighted by atomic mass is 79.9. The van der Waals surface area contributed by atoms with Crippen LogP contribution in [0.2, 0.25) is 0 Å². The van der Waals surface area contributed by atoms with Crippen molar-refractivity contribution in [1.82, 2.24) is 15.5 Å². The predicted octanol–water partition coefficient (Wildman–Crippen LogP) is 2.33. The van der Waals surface area contributed by atoms with Crippen molar-refractivity contribution in [1.29, 1.82) is 0 Å². The Morgan fingerprint density at radius 2 is 2.05 bits per heavy atom. The second-order valence-corrected chi connectivity index (χ2v) is 6.23. The minimum Gasteiger partial charge on any atom is -0.393 e. The Labute approximate surface area is 121 Å². The minimum atomic E-state index is -0.210. The first kappa shape index (κ1) is 14.5. The van der Waals surface area contributed by atoms with Gasteiger partial charge in [-0.2, -0.15) is 5.10 Å². The molecule has 1 amide bonds. The van der Waals surface area contributed by atoms with Crippen LogP contribution >= 0.6 is 15.9 Å². The van der Waals surface area contributed by atoms with Gasteiger partial charge in [0.25, 0.3) is 5.91 Å². The van der Waals surface area contributed by atoms with Crippen molar-refractivity contribution in [3.8, 4) is 0 Å². The summed E-state index contributed by atoms with van der Waals surface area (Å²) in [6.07, 6.45) is 2.95. The normalized spacial score (nSPS) is 23.6. The van der Waals surface area contributed by atoms with Crippen molar-refractivity contribution in [3.05, 3.63) is 15.9 Å². The molecule has 0 saturated heterocycles. The molecule has 106 valence electrons. The fourth-order valence-corrected chi connectivity index (χ4v) is 3.16. The lowest BCUT2D eigenvalue weighted by atomic mass is 9.93. The van der Waals surface area contributed by atoms with Crippen LogP contribution in [-0.4, -0.2) is 33.4 Å². The van der Waals surface area contributed by atoms with Crippen LogP contribution in [0.5, 0.6) is 0 Å². The number of rotatable bonds is 3. The lowest BCUT2D eigenvalue weighted by molar-refractivity contribution is 0.0862. The van der Waals surface area contributed by atoms with Crippen molar-refractivity contribution in [2.24, 2.45) is 0 Å². The standard InChI is InChI=1S/C13H20BrN3O2/c1-7(2)11-10(14)12(17-16-11)13(19)15-8-3-5-9(18)6-4-8/h7-9,18H,3-6H2,1-2H3,(H,15,19)(H,16,17). The highest BCUT2D eigenvalue weighted by Gasteiger charge is 2.24. The van der Waals surface area contributed by atoms with Crippen LogP contribution in [0.4, 0.5) is 0 Å². The maximum atomic E-state index is 12.2. The van der Waals surface area contributed by atoms with Crippen molar-refractivity contribution in [2.75, 3.05) is 0 Å². The van der Waals surface area contributed by atoms with Gasteiger partial charge in [-0.05, 0) is 47.5 Å². The maximum Gasteiger partial charge on any atom is 0.273 e. The van der Waals surface area contributed by atoms with Crippen molar-refractivity contribution >= 4 is 21.8 Å². The summed E-state index contributed by atoms with van der Waals surface area (Å²) in [4.78, 5) is 12.2. The van der Waals surface area contributed by atoms with E-state index >= 15 is 0 Å². The Kier molecular flexibility index (Phi) is 4.62. The molecule has 1 aliphatic carbocycles. The largest absolute Gasteiger partial charge is 0.393 e. The van der Waals surface area contributed by atoms with Crippen molar-refractivity contribution in [2.45, 2.75) is 57.6 Å². The lowest BCUT2D eigenvalue weighted by Crippen LogP contribution is -2.38. The van der Waals surface area contributed by atoms with Gasteiger partial charge in [0, 0.05) is 6.04 Å². The molecule has 6 heteroatoms. The molecule has 1 aromatic heterocycles. The summed E-state index contributed by atoms with van der Waals surface area (Å²) in [5, 5.41) is 19.4. The topological polar surface area (TPSA) is 78.0 Å². The average molecular weight is 330 g/mol. The van der Waals surface area contributed by atoms with Crippen LogP contribution in [-0.2, 0) is 0 Å². The third-order valence-electron chi connectivity index (χ3n) is 3.56. The summed E-state index contributed by atoms with van der Waals surface area (Å²) in [6.45, 7) is 4.09. The number of nitrogens with one attached hydrogen (secondary N) is 2. The first-order valence-electron chi connectivity index (χ1n) is 6.71. The highest BCUT2D eigenvalue weighted by Crippen LogP contribution is 2.26. The Hall–Kier alpha value is -0.880. The zero-order valence-corrected chi connectivity index (χ0v) is 12.8. The first-order chi connectivity index (χ1) is 8.99. The van der Waals surface area contributed by atoms with Crippen LogP contribution in [0.25, 0.3) is 0 Å². The van der Waals surface area contributed by atoms with Gasteiger partial charge in [-0.25, -0.2) is 0 Å². The smallest absolute Gasteiger partial charge is 0.273 e. The molecule has 1 fully saturated rings. The Balaban J connectivity index is 2.00. The summed E-state index contributed by atoms with van der Waals surface area (Å²) in [7, 11) is 0. The highest BCUT2D eigenvalue weighted by molar-refractivity contribution is 9.10. The molecule has 1 heterocycles. The number of aromatic amines is 1. The SMILES string of the molecule is CC(C)c1[nH]nc(C(=O)NC2CCC(O)CC2)c1Br. The summed E-state index contributed by atoms with van der Waals surface area (Å²) in [6, 6.07) is 0.141. The van der Waals surface area contributed by atoms with Crippen LogP contribution in [0.1, 0.15) is 61.6 Å². The number of hydrogen-bond acceptors (Lipinski definition) is 3. The second kappa shape index (κ2) is 6.05. The third-order valence-corrected chi connectivity index (χ3v) is 4.36. The van der Waals surface area contributed by atoms with Crippen LogP contribution in [0.15, 0.2) is 4.47 Å². The van der Waals surface area contributed by atoms with Crippen molar-refractivity contribution < 1.29 is 9.90 Å². The monoisotopic (exact) mass is 329 g/mol. The molecule has 19 heavy (non-hydrogen) atoms. The predicted molar refractivity (Wildman–Crippen MR) is 76.1 cm³/mol. The number of aromatic nitrogens is 2. The molecule has 2 rings (SSSR count). The van der Waals surface area contributed by atoms with Gasteiger partial charge in [-0.15, -0.1) is 0 Å². The van der Waals surface area contributed by atoms with Crippen LogP contribution in [0, 0.1) is 0 Å². The lowest BCUT2D eigenvalue weighted by Gasteiger charge is -2.25. The van der Waals surface area contributed by atoms with E-state index in [0.29, 0.717) is 5.69 Å². The zero-order valence-electron chi connectivity index (χ0n) is 11.2. The Morgan fingerprint density at radius 1 is 1.42 bits per heavy atom. The van der Waals surface area contributed by atoms with Crippen molar-refractivity contribution in [3.63, 3.8) is 0 Å². The molecule has 5 nitrogen and oxygen atoms in total. The fourth-order valence-electron chi connectivity index (χ4n) is 2.35. The molecule has 1 saturated carbocycles. The van der Waals surface area contributed by atoms with Gasteiger partial charge in [0.1, 0.15) is 0 Å². The third kappa shape index (κ3) is 3.36. The van der Waals surface area contributed by atoms with Gasteiger partial charge in [-0.3, -0.25) is 9.89 Å². The van der Waals surface area contributed by atoms with Gasteiger partial charge < -0.3 is 10.4 Å². The summed E-state index contributed by atoms with van der Waals surface area (Å²) in [5.74, 6) is 0.129. The van der Waals surface area contributed by atoms with Gasteiger partial charge in [0.15, 0.2) is 5.69 Å². The van der Waals surface area contributed by atoms with E-state index in [9.17, 15) is 9.90 Å². The van der Waals surface area contributed by atoms with Crippen LogP contribution in [0.3, 0.4) is 0 Å². The number of halogens is 1. The second-order valence-electron chi connectivity index (χ2n) is 5.43. The van der Waals surface area contributed by atoms with Gasteiger partial charge in [0.2, 0.25) is 0 Å². The van der Waals surface area contributed by atoms with E-state index in [2.05, 4.69) is 31.4 Å². The quantitative estimate of drug-likeness (QED) is 0.796. The van der Waals surface area contributed by atoms with E-state index in [0.717, 1.165) is 35.8 Å². The molecule has 0 radical (unpaired) electrons. The van der Waals surface area contributed by atoms with E-state index in [1.807, 2.05) is 13.8 Å². The molecular weight excluding hydrogens is 310 g/mol. The Morgan fingerprint density at radius 3 is 2.58 bits per heavy atom. The number of amides is 1. The number of nitrogens with zero attached hydrogens (tertiary/aromatic N) is 1. The summed E-state index contributed by atoms with van der Waals surface area (Å²) in [5.41, 5.74) is 1.35. The number of aliphatic hydroxyl groups is 1. The van der Waals surface area contributed by atoms with Gasteiger partial charge in [-0.1, -0.05) is 13.8 Å². The molecule has 0 bridgehead atoms. The fraction of sp³-hybridized carbons (Fsp3) is 0.692. The summed E-state index contributed by atoms with van der Waals surface area (Å²) < 4.78 is 0.746. The molecule has 0 spiro atoms. The molecule has 0 aliphatic heterocycles. The maximum absolute atomic E-state index is 12.2. The number of carbonyl (C=O) groups excluding carboxylic acids is 1. The Bertz CT molecular complexity index is 451. The molecular formula is C13H20BrN3O2. The molecule has 0 unspecified atom stereocenters. The van der Waals surface area contributed by atoms with E-state index in [1.54, 1.807) is 0 Å². The minimum absolute atomic E-state index is 0.141. The molecule has 1 aromatic rings. The number of hydrogen-bond donors (Lipinski definition) is 3. The van der Waals surface area contributed by atoms with E-state index in [1.165, 1.54) is 0 Å². The number of aliphatic hydroxyl groups excluding tert-OH is 1. The molecule has 3 N–H and O–H groups in total. The first-order valence-corrected chi connectivity index (χ1v) is 7.51. The molecule has 0 aromatic carbocycles. The van der Waals surface area contributed by atoms with Crippen LogP contribution < -0.4 is 5.32 Å². The van der Waals surface area contributed by atoms with E-state index in [-0.39, 0.29) is 24.0 Å². The van der Waals surface area contributed by atoms with E-state index < -0.39 is 0 Å². The number of carbonyl (C=O) groups is 1. The van der Waals surface area contributed by atoms with E-state index in [4.69, 9.17) is 0 Å². The summed E-state index contributed by atoms with van der Waals surface area (Å²) >= 11 is 3.43. The average Bonchev–Trinajstić information content (AvgIpc) is 2.74. The van der Waals surface area contributed by atoms with Gasteiger partial charge >= 0.3 is 0 Å².